The minimum absolute atomic E-state index is 0.661. The van der Waals surface area contributed by atoms with Gasteiger partial charge in [-0.15, -0.1) is 0 Å². The Labute approximate surface area is 86.4 Å². The van der Waals surface area contributed by atoms with Crippen LogP contribution in [0.4, 0.5) is 0 Å². The van der Waals surface area contributed by atoms with Crippen LogP contribution in [0.5, 0.6) is 5.75 Å². The third-order valence-corrected chi connectivity index (χ3v) is 2.13. The van der Waals surface area contributed by atoms with Gasteiger partial charge < -0.3 is 4.74 Å². The molecule has 76 valence electrons. The van der Waals surface area contributed by atoms with Gasteiger partial charge in [0.2, 0.25) is 0 Å². The highest BCUT2D eigenvalue weighted by molar-refractivity contribution is 5.39. The maximum atomic E-state index is 5.70. The van der Waals surface area contributed by atoms with Crippen LogP contribution in [0.15, 0.2) is 29.8 Å². The monoisotopic (exact) mass is 190 g/mol. The molecule has 0 aliphatic rings. The van der Waals surface area contributed by atoms with Gasteiger partial charge in [0.05, 0.1) is 0 Å². The summed E-state index contributed by atoms with van der Waals surface area (Å²) in [5.41, 5.74) is 3.69. The van der Waals surface area contributed by atoms with E-state index < -0.39 is 0 Å². The predicted molar refractivity (Wildman–Crippen MR) is 60.8 cm³/mol. The lowest BCUT2D eigenvalue weighted by molar-refractivity contribution is 0.357. The lowest BCUT2D eigenvalue weighted by Crippen LogP contribution is -1.98. The normalized spacial score (nSPS) is 9.71. The molecule has 0 saturated carbocycles. The molecule has 0 saturated heterocycles. The molecule has 0 unspecified atom stereocenters. The summed E-state index contributed by atoms with van der Waals surface area (Å²) in [6.45, 7) is 8.96. The van der Waals surface area contributed by atoms with Gasteiger partial charge in [-0.25, -0.2) is 0 Å². The molecular weight excluding hydrogens is 172 g/mol. The number of hydrogen-bond donors (Lipinski definition) is 0. The van der Waals surface area contributed by atoms with E-state index in [1.54, 1.807) is 0 Å². The zero-order chi connectivity index (χ0) is 10.6. The van der Waals surface area contributed by atoms with E-state index in [0.717, 1.165) is 5.75 Å². The molecule has 0 heterocycles. The Kier molecular flexibility index (Phi) is 3.75. The van der Waals surface area contributed by atoms with Crippen molar-refractivity contribution < 1.29 is 4.74 Å². The SMILES string of the molecule is CC(C)=CCOc1c(C)cccc1C. The molecule has 0 amide bonds. The molecule has 0 aromatic heterocycles. The quantitative estimate of drug-likeness (QED) is 0.661. The first-order chi connectivity index (χ1) is 6.61. The summed E-state index contributed by atoms with van der Waals surface area (Å²) in [7, 11) is 0. The van der Waals surface area contributed by atoms with Crippen molar-refractivity contribution in [3.8, 4) is 5.75 Å². The standard InChI is InChI=1S/C13H18O/c1-10(2)8-9-14-13-11(3)6-5-7-12(13)4/h5-8H,9H2,1-4H3. The average molecular weight is 190 g/mol. The molecule has 0 spiro atoms. The Morgan fingerprint density at radius 1 is 1.21 bits per heavy atom. The van der Waals surface area contributed by atoms with E-state index in [9.17, 15) is 0 Å². The first kappa shape index (κ1) is 10.8. The molecule has 0 aliphatic heterocycles. The van der Waals surface area contributed by atoms with Crippen LogP contribution in [0.25, 0.3) is 0 Å². The summed E-state index contributed by atoms with van der Waals surface area (Å²) < 4.78 is 5.70. The number of para-hydroxylation sites is 1. The van der Waals surface area contributed by atoms with E-state index in [4.69, 9.17) is 4.74 Å². The fourth-order valence-electron chi connectivity index (χ4n) is 1.32. The summed E-state index contributed by atoms with van der Waals surface area (Å²) in [5, 5.41) is 0. The van der Waals surface area contributed by atoms with E-state index in [-0.39, 0.29) is 0 Å². The summed E-state index contributed by atoms with van der Waals surface area (Å²) in [4.78, 5) is 0. The van der Waals surface area contributed by atoms with Gasteiger partial charge in [0, 0.05) is 0 Å². The summed E-state index contributed by atoms with van der Waals surface area (Å²) >= 11 is 0. The van der Waals surface area contributed by atoms with Crippen LogP contribution < -0.4 is 4.74 Å². The van der Waals surface area contributed by atoms with Gasteiger partial charge in [-0.05, 0) is 44.9 Å². The third kappa shape index (κ3) is 2.91. The minimum Gasteiger partial charge on any atom is -0.489 e. The van der Waals surface area contributed by atoms with Crippen LogP contribution >= 0.6 is 0 Å². The molecule has 1 rings (SSSR count). The number of rotatable bonds is 3. The van der Waals surface area contributed by atoms with Crippen molar-refractivity contribution in [2.75, 3.05) is 6.61 Å². The van der Waals surface area contributed by atoms with Gasteiger partial charge in [-0.2, -0.15) is 0 Å². The molecule has 1 aromatic carbocycles. The van der Waals surface area contributed by atoms with Crippen molar-refractivity contribution in [3.63, 3.8) is 0 Å². The lowest BCUT2D eigenvalue weighted by Gasteiger charge is -2.10. The summed E-state index contributed by atoms with van der Waals surface area (Å²) in [6, 6.07) is 6.20. The maximum Gasteiger partial charge on any atom is 0.125 e. The van der Waals surface area contributed by atoms with Gasteiger partial charge >= 0.3 is 0 Å². The zero-order valence-corrected chi connectivity index (χ0v) is 9.42. The first-order valence-electron chi connectivity index (χ1n) is 4.93. The van der Waals surface area contributed by atoms with Crippen LogP contribution in [0.3, 0.4) is 0 Å². The maximum absolute atomic E-state index is 5.70. The topological polar surface area (TPSA) is 9.23 Å². The number of aryl methyl sites for hydroxylation is 2. The Morgan fingerprint density at radius 3 is 2.29 bits per heavy atom. The second-order valence-electron chi connectivity index (χ2n) is 3.81. The van der Waals surface area contributed by atoms with Crippen molar-refractivity contribution in [2.24, 2.45) is 0 Å². The van der Waals surface area contributed by atoms with E-state index in [1.807, 2.05) is 0 Å². The molecule has 1 nitrogen and oxygen atoms in total. The van der Waals surface area contributed by atoms with Gasteiger partial charge in [0.15, 0.2) is 0 Å². The Bertz CT molecular complexity index is 313. The molecule has 0 radical (unpaired) electrons. The Hall–Kier alpha value is -1.24. The minimum atomic E-state index is 0.661. The van der Waals surface area contributed by atoms with Crippen LogP contribution in [0.1, 0.15) is 25.0 Å². The van der Waals surface area contributed by atoms with E-state index in [1.165, 1.54) is 16.7 Å². The number of hydrogen-bond acceptors (Lipinski definition) is 1. The fourth-order valence-corrected chi connectivity index (χ4v) is 1.32. The van der Waals surface area contributed by atoms with Crippen molar-refractivity contribution in [2.45, 2.75) is 27.7 Å². The van der Waals surface area contributed by atoms with Gasteiger partial charge in [-0.3, -0.25) is 0 Å². The van der Waals surface area contributed by atoms with Crippen molar-refractivity contribution >= 4 is 0 Å². The van der Waals surface area contributed by atoms with Crippen LogP contribution in [-0.4, -0.2) is 6.61 Å². The van der Waals surface area contributed by atoms with Crippen LogP contribution in [0.2, 0.25) is 0 Å². The molecule has 0 N–H and O–H groups in total. The summed E-state index contributed by atoms with van der Waals surface area (Å²) in [6.07, 6.45) is 2.09. The zero-order valence-electron chi connectivity index (χ0n) is 9.42. The van der Waals surface area contributed by atoms with Gasteiger partial charge in [-0.1, -0.05) is 23.8 Å². The van der Waals surface area contributed by atoms with Crippen LogP contribution in [-0.2, 0) is 0 Å². The lowest BCUT2D eigenvalue weighted by atomic mass is 10.1. The smallest absolute Gasteiger partial charge is 0.125 e. The van der Waals surface area contributed by atoms with Crippen LogP contribution in [0, 0.1) is 13.8 Å². The van der Waals surface area contributed by atoms with E-state index >= 15 is 0 Å². The third-order valence-electron chi connectivity index (χ3n) is 2.13. The number of allylic oxidation sites excluding steroid dienone is 1. The molecule has 0 bridgehead atoms. The highest BCUT2D eigenvalue weighted by Gasteiger charge is 2.00. The molecule has 0 fully saturated rings. The second kappa shape index (κ2) is 4.85. The first-order valence-corrected chi connectivity index (χ1v) is 4.93. The fraction of sp³-hybridized carbons (Fsp3) is 0.385. The average Bonchev–Trinajstić information content (AvgIpc) is 2.09. The van der Waals surface area contributed by atoms with Gasteiger partial charge in [0.25, 0.3) is 0 Å². The van der Waals surface area contributed by atoms with Crippen molar-refractivity contribution in [1.82, 2.24) is 0 Å². The highest BCUT2D eigenvalue weighted by Crippen LogP contribution is 2.22. The van der Waals surface area contributed by atoms with E-state index in [0.29, 0.717) is 6.61 Å². The van der Waals surface area contributed by atoms with Crippen molar-refractivity contribution in [3.05, 3.63) is 41.0 Å². The molecular formula is C13H18O. The number of benzene rings is 1. The Balaban J connectivity index is 2.71. The van der Waals surface area contributed by atoms with E-state index in [2.05, 4.69) is 52.0 Å². The molecule has 1 aromatic rings. The second-order valence-corrected chi connectivity index (χ2v) is 3.81. The molecule has 1 heteroatoms. The van der Waals surface area contributed by atoms with Crippen molar-refractivity contribution in [1.29, 1.82) is 0 Å². The number of ether oxygens (including phenoxy) is 1. The van der Waals surface area contributed by atoms with Gasteiger partial charge in [0.1, 0.15) is 12.4 Å². The largest absolute Gasteiger partial charge is 0.489 e. The highest BCUT2D eigenvalue weighted by atomic mass is 16.5. The predicted octanol–water partition coefficient (Wildman–Crippen LogP) is 3.65. The molecule has 14 heavy (non-hydrogen) atoms. The molecule has 0 atom stereocenters. The summed E-state index contributed by atoms with van der Waals surface area (Å²) in [5.74, 6) is 1.02. The Morgan fingerprint density at radius 2 is 1.79 bits per heavy atom. The molecule has 0 aliphatic carbocycles.